The molecule has 170 valence electrons. The third-order valence-corrected chi connectivity index (χ3v) is 6.51. The summed E-state index contributed by atoms with van der Waals surface area (Å²) in [5, 5.41) is 12.6. The molecular weight excluding hydrogens is 460 g/mol. The van der Waals surface area contributed by atoms with E-state index in [1.165, 1.54) is 16.4 Å². The number of benzene rings is 2. The van der Waals surface area contributed by atoms with E-state index in [1.54, 1.807) is 30.8 Å². The lowest BCUT2D eigenvalue weighted by Gasteiger charge is -2.08. The molecular formula is C23H23ClN6O2S. The minimum Gasteiger partial charge on any atom is -0.319 e. The predicted molar refractivity (Wildman–Crippen MR) is 131 cm³/mol. The van der Waals surface area contributed by atoms with Crippen LogP contribution in [0.15, 0.2) is 64.5 Å². The van der Waals surface area contributed by atoms with Gasteiger partial charge in [-0.1, -0.05) is 41.6 Å². The molecule has 33 heavy (non-hydrogen) atoms. The van der Waals surface area contributed by atoms with E-state index < -0.39 is 0 Å². The van der Waals surface area contributed by atoms with Gasteiger partial charge in [0, 0.05) is 24.2 Å². The molecule has 0 atom stereocenters. The fraction of sp³-hybridized carbons (Fsp3) is 0.217. The van der Waals surface area contributed by atoms with Crippen LogP contribution < -0.4 is 10.9 Å². The topological polar surface area (TPSA) is 86.7 Å². The Morgan fingerprint density at radius 2 is 1.79 bits per heavy atom. The third-order valence-electron chi connectivity index (χ3n) is 5.29. The van der Waals surface area contributed by atoms with Gasteiger partial charge in [0.05, 0.1) is 17.1 Å². The maximum Gasteiger partial charge on any atom is 0.295 e. The van der Waals surface area contributed by atoms with Gasteiger partial charge in [0.15, 0.2) is 11.0 Å². The number of carbonyl (C=O) groups is 1. The van der Waals surface area contributed by atoms with Crippen molar-refractivity contribution in [3.63, 3.8) is 0 Å². The molecule has 0 saturated carbocycles. The van der Waals surface area contributed by atoms with E-state index in [9.17, 15) is 9.59 Å². The Hall–Kier alpha value is -3.30. The number of nitrogens with one attached hydrogen (secondary N) is 1. The molecule has 1 amide bonds. The van der Waals surface area contributed by atoms with E-state index in [4.69, 9.17) is 11.6 Å². The van der Waals surface area contributed by atoms with Gasteiger partial charge in [0.2, 0.25) is 5.91 Å². The Morgan fingerprint density at radius 1 is 1.09 bits per heavy atom. The summed E-state index contributed by atoms with van der Waals surface area (Å²) in [5.74, 6) is 0.518. The Kier molecular flexibility index (Phi) is 6.71. The normalized spacial score (nSPS) is 11.0. The number of carbonyl (C=O) groups excluding carboxylic acids is 1. The van der Waals surface area contributed by atoms with Crippen molar-refractivity contribution < 1.29 is 4.79 Å². The number of hydrogen-bond acceptors (Lipinski definition) is 5. The highest BCUT2D eigenvalue weighted by atomic mass is 35.5. The maximum atomic E-state index is 13.0. The van der Waals surface area contributed by atoms with Crippen molar-refractivity contribution in [2.45, 2.75) is 25.5 Å². The fourth-order valence-corrected chi connectivity index (χ4v) is 4.44. The zero-order valence-corrected chi connectivity index (χ0v) is 20.0. The molecule has 0 aliphatic rings. The van der Waals surface area contributed by atoms with Gasteiger partial charge in [-0.15, -0.1) is 10.2 Å². The Morgan fingerprint density at radius 3 is 2.45 bits per heavy atom. The number of anilines is 1. The number of thioether (sulfide) groups is 1. The number of nitrogens with zero attached hydrogens (tertiary/aromatic N) is 5. The Bertz CT molecular complexity index is 1340. The standard InChI is InChI=1S/C23H23ClN6O2S/c1-4-29-21(16-10-12-17(24)13-11-16)26-27-23(29)33-14-19(31)25-20-15(2)28(3)30(22(20)32)18-8-6-5-7-9-18/h5-13H,4,14H2,1-3H3,(H,25,31). The van der Waals surface area contributed by atoms with E-state index in [0.717, 1.165) is 11.3 Å². The molecule has 4 rings (SSSR count). The van der Waals surface area contributed by atoms with Gasteiger partial charge in [-0.25, -0.2) is 4.68 Å². The number of hydrogen-bond donors (Lipinski definition) is 1. The lowest BCUT2D eigenvalue weighted by Crippen LogP contribution is -2.23. The first-order chi connectivity index (χ1) is 15.9. The number of rotatable bonds is 7. The van der Waals surface area contributed by atoms with E-state index in [1.807, 2.05) is 54.0 Å². The molecule has 0 radical (unpaired) electrons. The van der Waals surface area contributed by atoms with Crippen LogP contribution >= 0.6 is 23.4 Å². The van der Waals surface area contributed by atoms with Crippen LogP contribution in [0, 0.1) is 6.92 Å². The second-order valence-electron chi connectivity index (χ2n) is 7.33. The summed E-state index contributed by atoms with van der Waals surface area (Å²) in [4.78, 5) is 25.7. The van der Waals surface area contributed by atoms with Gasteiger partial charge in [0.25, 0.3) is 5.56 Å². The summed E-state index contributed by atoms with van der Waals surface area (Å²) in [6, 6.07) is 16.7. The SMILES string of the molecule is CCn1c(SCC(=O)Nc2c(C)n(C)n(-c3ccccc3)c2=O)nnc1-c1ccc(Cl)cc1. The Labute approximate surface area is 200 Å². The molecule has 2 heterocycles. The van der Waals surface area contributed by atoms with Crippen LogP contribution in [0.25, 0.3) is 17.1 Å². The zero-order valence-electron chi connectivity index (χ0n) is 18.4. The van der Waals surface area contributed by atoms with Crippen LogP contribution in [0.3, 0.4) is 0 Å². The van der Waals surface area contributed by atoms with Gasteiger partial charge in [-0.2, -0.15) is 0 Å². The highest BCUT2D eigenvalue weighted by Crippen LogP contribution is 2.25. The van der Waals surface area contributed by atoms with Gasteiger partial charge in [-0.3, -0.25) is 14.3 Å². The van der Waals surface area contributed by atoms with E-state index in [0.29, 0.717) is 28.2 Å². The summed E-state index contributed by atoms with van der Waals surface area (Å²) in [7, 11) is 1.79. The predicted octanol–water partition coefficient (Wildman–Crippen LogP) is 4.15. The fourth-order valence-electron chi connectivity index (χ4n) is 3.51. The van der Waals surface area contributed by atoms with Crippen molar-refractivity contribution in [3.8, 4) is 17.1 Å². The lowest BCUT2D eigenvalue weighted by molar-refractivity contribution is -0.113. The maximum absolute atomic E-state index is 13.0. The van der Waals surface area contributed by atoms with Gasteiger partial charge in [-0.05, 0) is 50.2 Å². The van der Waals surface area contributed by atoms with E-state index in [2.05, 4.69) is 15.5 Å². The quantitative estimate of drug-likeness (QED) is 0.400. The number of amides is 1. The second kappa shape index (κ2) is 9.68. The highest BCUT2D eigenvalue weighted by molar-refractivity contribution is 7.99. The van der Waals surface area contributed by atoms with E-state index in [-0.39, 0.29) is 22.9 Å². The Balaban J connectivity index is 1.50. The average Bonchev–Trinajstić information content (AvgIpc) is 3.33. The number of halogens is 1. The minimum absolute atomic E-state index is 0.0951. The minimum atomic E-state index is -0.287. The van der Waals surface area contributed by atoms with Gasteiger partial charge >= 0.3 is 0 Å². The lowest BCUT2D eigenvalue weighted by atomic mass is 10.2. The molecule has 10 heteroatoms. The van der Waals surface area contributed by atoms with Crippen molar-refractivity contribution in [1.29, 1.82) is 0 Å². The summed E-state index contributed by atoms with van der Waals surface area (Å²) in [6.07, 6.45) is 0. The van der Waals surface area contributed by atoms with Crippen LogP contribution in [-0.2, 0) is 18.4 Å². The first-order valence-electron chi connectivity index (χ1n) is 10.4. The molecule has 0 saturated heterocycles. The molecule has 2 aromatic heterocycles. The molecule has 2 aromatic carbocycles. The van der Waals surface area contributed by atoms with Crippen LogP contribution in [0.2, 0.25) is 5.02 Å². The zero-order chi connectivity index (χ0) is 23.5. The van der Waals surface area contributed by atoms with Crippen molar-refractivity contribution in [2.24, 2.45) is 7.05 Å². The summed E-state index contributed by atoms with van der Waals surface area (Å²) in [6.45, 7) is 4.44. The number of aromatic nitrogens is 5. The molecule has 1 N–H and O–H groups in total. The second-order valence-corrected chi connectivity index (χ2v) is 8.71. The van der Waals surface area contributed by atoms with Crippen LogP contribution in [-0.4, -0.2) is 35.8 Å². The first kappa shape index (κ1) is 22.9. The monoisotopic (exact) mass is 482 g/mol. The van der Waals surface area contributed by atoms with Crippen LogP contribution in [0.4, 0.5) is 5.69 Å². The molecule has 0 aliphatic heterocycles. The van der Waals surface area contributed by atoms with Crippen LogP contribution in [0.1, 0.15) is 12.6 Å². The van der Waals surface area contributed by atoms with Crippen molar-refractivity contribution >= 4 is 35.0 Å². The summed E-state index contributed by atoms with van der Waals surface area (Å²) in [5.41, 5.74) is 2.29. The molecule has 0 aliphatic carbocycles. The van der Waals surface area contributed by atoms with Crippen molar-refractivity contribution in [3.05, 3.63) is 75.7 Å². The van der Waals surface area contributed by atoms with Gasteiger partial charge in [0.1, 0.15) is 5.69 Å². The van der Waals surface area contributed by atoms with Crippen molar-refractivity contribution in [2.75, 3.05) is 11.1 Å². The first-order valence-corrected chi connectivity index (χ1v) is 11.7. The van der Waals surface area contributed by atoms with Crippen molar-refractivity contribution in [1.82, 2.24) is 24.1 Å². The molecule has 0 unspecified atom stereocenters. The highest BCUT2D eigenvalue weighted by Gasteiger charge is 2.19. The molecule has 0 bridgehead atoms. The average molecular weight is 483 g/mol. The molecule has 0 spiro atoms. The van der Waals surface area contributed by atoms with Crippen LogP contribution in [0.5, 0.6) is 0 Å². The molecule has 0 fully saturated rings. The summed E-state index contributed by atoms with van der Waals surface area (Å²) >= 11 is 7.25. The third kappa shape index (κ3) is 4.60. The smallest absolute Gasteiger partial charge is 0.295 e. The van der Waals surface area contributed by atoms with E-state index >= 15 is 0 Å². The molecule has 8 nitrogen and oxygen atoms in total. The summed E-state index contributed by atoms with van der Waals surface area (Å²) < 4.78 is 5.20. The number of para-hydroxylation sites is 1. The van der Waals surface area contributed by atoms with Gasteiger partial charge < -0.3 is 9.88 Å². The largest absolute Gasteiger partial charge is 0.319 e. The molecule has 4 aromatic rings.